The van der Waals surface area contributed by atoms with Crippen molar-refractivity contribution in [2.24, 2.45) is 0 Å². The van der Waals surface area contributed by atoms with E-state index < -0.39 is 0 Å². The van der Waals surface area contributed by atoms with Gasteiger partial charge in [0.15, 0.2) is 0 Å². The molecule has 0 aliphatic carbocycles. The normalized spacial score (nSPS) is 19.5. The smallest absolute Gasteiger partial charge is 0.141 e. The summed E-state index contributed by atoms with van der Waals surface area (Å²) in [6.07, 6.45) is 2.45. The summed E-state index contributed by atoms with van der Waals surface area (Å²) in [5.41, 5.74) is 2.41. The Morgan fingerprint density at radius 1 is 1.42 bits per heavy atom. The number of ether oxygens (including phenoxy) is 1. The van der Waals surface area contributed by atoms with Gasteiger partial charge in [-0.3, -0.25) is 0 Å². The Balaban J connectivity index is 2.10. The van der Waals surface area contributed by atoms with Crippen LogP contribution in [0.25, 0.3) is 0 Å². The molecule has 1 unspecified atom stereocenters. The summed E-state index contributed by atoms with van der Waals surface area (Å²) in [6, 6.07) is 6.88. The second-order valence-electron chi connectivity index (χ2n) is 5.46. The summed E-state index contributed by atoms with van der Waals surface area (Å²) in [5.74, 6) is 0.924. The molecule has 1 atom stereocenters. The highest BCUT2D eigenvalue weighted by molar-refractivity contribution is 5.58. The highest BCUT2D eigenvalue weighted by Crippen LogP contribution is 2.27. The lowest BCUT2D eigenvalue weighted by molar-refractivity contribution is 0.399. The van der Waals surface area contributed by atoms with E-state index in [-0.39, 0.29) is 0 Å². The summed E-state index contributed by atoms with van der Waals surface area (Å²) >= 11 is 0. The lowest BCUT2D eigenvalue weighted by Gasteiger charge is -2.26. The van der Waals surface area contributed by atoms with Gasteiger partial charge in [-0.1, -0.05) is 6.07 Å². The lowest BCUT2D eigenvalue weighted by Crippen LogP contribution is -2.38. The number of hydrogen-bond donors (Lipinski definition) is 2. The molecule has 106 valence electrons. The molecule has 1 heterocycles. The number of rotatable bonds is 5. The van der Waals surface area contributed by atoms with Gasteiger partial charge < -0.3 is 20.3 Å². The molecule has 2 N–H and O–H groups in total. The average molecular weight is 263 g/mol. The molecule has 1 fully saturated rings. The summed E-state index contributed by atoms with van der Waals surface area (Å²) in [4.78, 5) is 2.17. The Morgan fingerprint density at radius 3 is 2.89 bits per heavy atom. The molecule has 0 saturated carbocycles. The molecule has 1 aliphatic rings. The van der Waals surface area contributed by atoms with Crippen molar-refractivity contribution in [1.29, 1.82) is 0 Å². The lowest BCUT2D eigenvalue weighted by atomic mass is 10.1. The summed E-state index contributed by atoms with van der Waals surface area (Å²) in [6.45, 7) is 3.11. The van der Waals surface area contributed by atoms with Gasteiger partial charge in [-0.05, 0) is 51.2 Å². The van der Waals surface area contributed by atoms with Crippen LogP contribution in [0.5, 0.6) is 5.75 Å². The molecule has 1 aliphatic heterocycles. The summed E-state index contributed by atoms with van der Waals surface area (Å²) in [5, 5.41) is 7.04. The second-order valence-corrected chi connectivity index (χ2v) is 5.46. The van der Waals surface area contributed by atoms with Crippen LogP contribution < -0.4 is 15.4 Å². The number of nitrogens with zero attached hydrogens (tertiary/aromatic N) is 1. The average Bonchev–Trinajstić information content (AvgIpc) is 2.39. The van der Waals surface area contributed by atoms with Crippen molar-refractivity contribution in [1.82, 2.24) is 10.2 Å². The van der Waals surface area contributed by atoms with Crippen molar-refractivity contribution in [2.45, 2.75) is 25.4 Å². The van der Waals surface area contributed by atoms with E-state index >= 15 is 0 Å². The van der Waals surface area contributed by atoms with Crippen LogP contribution in [0.3, 0.4) is 0 Å². The van der Waals surface area contributed by atoms with E-state index in [1.165, 1.54) is 18.4 Å². The van der Waals surface area contributed by atoms with Gasteiger partial charge in [-0.15, -0.1) is 0 Å². The van der Waals surface area contributed by atoms with Gasteiger partial charge in [-0.2, -0.15) is 0 Å². The molecule has 2 rings (SSSR count). The van der Waals surface area contributed by atoms with Crippen LogP contribution in [0.1, 0.15) is 18.4 Å². The molecule has 4 heteroatoms. The topological polar surface area (TPSA) is 36.5 Å². The molecular formula is C15H25N3O. The molecule has 0 aromatic heterocycles. The Morgan fingerprint density at radius 2 is 2.26 bits per heavy atom. The quantitative estimate of drug-likeness (QED) is 0.851. The van der Waals surface area contributed by atoms with Crippen molar-refractivity contribution in [3.63, 3.8) is 0 Å². The molecule has 19 heavy (non-hydrogen) atoms. The minimum atomic E-state index is 0.497. The Kier molecular flexibility index (Phi) is 5.05. The zero-order valence-corrected chi connectivity index (χ0v) is 12.2. The van der Waals surface area contributed by atoms with Crippen LogP contribution in [0, 0.1) is 0 Å². The first-order valence-corrected chi connectivity index (χ1v) is 6.98. The number of piperidine rings is 1. The van der Waals surface area contributed by atoms with Gasteiger partial charge in [0.25, 0.3) is 0 Å². The van der Waals surface area contributed by atoms with E-state index in [2.05, 4.69) is 47.8 Å². The molecule has 0 bridgehead atoms. The first kappa shape index (κ1) is 14.2. The molecule has 0 radical (unpaired) electrons. The first-order chi connectivity index (χ1) is 9.19. The van der Waals surface area contributed by atoms with Crippen molar-refractivity contribution < 1.29 is 4.74 Å². The Hall–Kier alpha value is -1.26. The largest absolute Gasteiger partial charge is 0.495 e. The standard InChI is InChI=1S/C15H25N3O/c1-18(2)11-12-6-7-15(19-3)14(9-12)17-13-5-4-8-16-10-13/h6-7,9,13,16-17H,4-5,8,10-11H2,1-3H3. The van der Waals surface area contributed by atoms with Gasteiger partial charge >= 0.3 is 0 Å². The van der Waals surface area contributed by atoms with Crippen LogP contribution in [0.4, 0.5) is 5.69 Å². The predicted molar refractivity (Wildman–Crippen MR) is 79.9 cm³/mol. The van der Waals surface area contributed by atoms with Crippen LogP contribution in [-0.4, -0.2) is 45.2 Å². The van der Waals surface area contributed by atoms with Gasteiger partial charge in [-0.25, -0.2) is 0 Å². The van der Waals surface area contributed by atoms with E-state index in [9.17, 15) is 0 Å². The number of anilines is 1. The fourth-order valence-electron chi connectivity index (χ4n) is 2.53. The number of hydrogen-bond acceptors (Lipinski definition) is 4. The van der Waals surface area contributed by atoms with Crippen molar-refractivity contribution in [2.75, 3.05) is 39.6 Å². The van der Waals surface area contributed by atoms with E-state index in [1.54, 1.807) is 7.11 Å². The zero-order chi connectivity index (χ0) is 13.7. The third-order valence-corrected chi connectivity index (χ3v) is 3.42. The van der Waals surface area contributed by atoms with E-state index in [1.807, 2.05) is 0 Å². The van der Waals surface area contributed by atoms with Gasteiger partial charge in [0.2, 0.25) is 0 Å². The van der Waals surface area contributed by atoms with Crippen LogP contribution in [0.2, 0.25) is 0 Å². The van der Waals surface area contributed by atoms with Crippen molar-refractivity contribution >= 4 is 5.69 Å². The number of nitrogens with one attached hydrogen (secondary N) is 2. The minimum Gasteiger partial charge on any atom is -0.495 e. The van der Waals surface area contributed by atoms with Gasteiger partial charge in [0, 0.05) is 19.1 Å². The maximum Gasteiger partial charge on any atom is 0.141 e. The minimum absolute atomic E-state index is 0.497. The Labute approximate surface area is 116 Å². The van der Waals surface area contributed by atoms with Crippen LogP contribution >= 0.6 is 0 Å². The van der Waals surface area contributed by atoms with E-state index in [0.29, 0.717) is 6.04 Å². The molecule has 1 saturated heterocycles. The third-order valence-electron chi connectivity index (χ3n) is 3.42. The molecule has 4 nitrogen and oxygen atoms in total. The fourth-order valence-corrected chi connectivity index (χ4v) is 2.53. The highest BCUT2D eigenvalue weighted by atomic mass is 16.5. The van der Waals surface area contributed by atoms with Crippen LogP contribution in [-0.2, 0) is 6.54 Å². The highest BCUT2D eigenvalue weighted by Gasteiger charge is 2.14. The second kappa shape index (κ2) is 6.78. The molecule has 1 aromatic rings. The number of methoxy groups -OCH3 is 1. The molecular weight excluding hydrogens is 238 g/mol. The molecule has 1 aromatic carbocycles. The van der Waals surface area contributed by atoms with Crippen molar-refractivity contribution in [3.8, 4) is 5.75 Å². The van der Waals surface area contributed by atoms with Crippen molar-refractivity contribution in [3.05, 3.63) is 23.8 Å². The monoisotopic (exact) mass is 263 g/mol. The van der Waals surface area contributed by atoms with Gasteiger partial charge in [0.05, 0.1) is 12.8 Å². The fraction of sp³-hybridized carbons (Fsp3) is 0.600. The first-order valence-electron chi connectivity index (χ1n) is 6.98. The number of benzene rings is 1. The van der Waals surface area contributed by atoms with E-state index in [0.717, 1.165) is 31.1 Å². The van der Waals surface area contributed by atoms with Gasteiger partial charge in [0.1, 0.15) is 5.75 Å². The predicted octanol–water partition coefficient (Wildman–Crippen LogP) is 1.92. The maximum atomic E-state index is 5.45. The maximum absolute atomic E-state index is 5.45. The molecule has 0 amide bonds. The zero-order valence-electron chi connectivity index (χ0n) is 12.2. The van der Waals surface area contributed by atoms with E-state index in [4.69, 9.17) is 4.74 Å². The summed E-state index contributed by atoms with van der Waals surface area (Å²) < 4.78 is 5.45. The Bertz CT molecular complexity index is 400. The SMILES string of the molecule is COc1ccc(CN(C)C)cc1NC1CCCNC1. The summed E-state index contributed by atoms with van der Waals surface area (Å²) in [7, 11) is 5.90. The van der Waals surface area contributed by atoms with Crippen LogP contribution in [0.15, 0.2) is 18.2 Å². The molecule has 0 spiro atoms. The third kappa shape index (κ3) is 4.11.